The highest BCUT2D eigenvalue weighted by atomic mass is 127. The number of hydrogen-bond acceptors (Lipinski definition) is 11. The van der Waals surface area contributed by atoms with Crippen molar-refractivity contribution in [2.24, 2.45) is 7.05 Å². The maximum atomic E-state index is 13.2. The van der Waals surface area contributed by atoms with Gasteiger partial charge in [0.05, 0.1) is 11.3 Å². The lowest BCUT2D eigenvalue weighted by molar-refractivity contribution is -0.671. The molecule has 2 amide bonds. The van der Waals surface area contributed by atoms with E-state index in [-0.39, 0.29) is 46.1 Å². The van der Waals surface area contributed by atoms with Gasteiger partial charge in [0.25, 0.3) is 11.8 Å². The van der Waals surface area contributed by atoms with Crippen LogP contribution >= 0.6 is 42.5 Å². The number of anilines is 1. The van der Waals surface area contributed by atoms with Crippen LogP contribution in [0.5, 0.6) is 0 Å². The highest BCUT2D eigenvalue weighted by Gasteiger charge is 2.54. The van der Waals surface area contributed by atoms with Crippen molar-refractivity contribution in [2.45, 2.75) is 16.3 Å². The van der Waals surface area contributed by atoms with Crippen LogP contribution in [0.3, 0.4) is 0 Å². The zero-order valence-corrected chi connectivity index (χ0v) is 26.4. The summed E-state index contributed by atoms with van der Waals surface area (Å²) in [6.45, 7) is 0. The summed E-state index contributed by atoms with van der Waals surface area (Å²) in [5, 5.41) is 13.6. The lowest BCUT2D eigenvalue weighted by atomic mass is 10.0. The van der Waals surface area contributed by atoms with E-state index in [0.717, 1.165) is 22.0 Å². The Balaban J connectivity index is 0.00000420. The van der Waals surface area contributed by atoms with Gasteiger partial charge in [0.2, 0.25) is 0 Å². The van der Waals surface area contributed by atoms with Crippen molar-refractivity contribution >= 4 is 70.9 Å². The zero-order chi connectivity index (χ0) is 27.6. The second-order valence-electron chi connectivity index (χ2n) is 8.12. The number of aryl methyl sites for hydroxylation is 1. The van der Waals surface area contributed by atoms with Gasteiger partial charge < -0.3 is 49.2 Å². The lowest BCUT2D eigenvalue weighted by Crippen LogP contribution is -3.00. The van der Waals surface area contributed by atoms with E-state index < -0.39 is 36.8 Å². The molecule has 0 saturated carbocycles. The smallest absolute Gasteiger partial charge is 0.354 e. The van der Waals surface area contributed by atoms with Crippen LogP contribution < -0.4 is 39.6 Å². The molecule has 1 fully saturated rings. The molecule has 4 N–H and O–H groups in total. The summed E-state index contributed by atoms with van der Waals surface area (Å²) in [4.78, 5) is 44.8. The maximum absolute atomic E-state index is 13.2. The van der Waals surface area contributed by atoms with Crippen molar-refractivity contribution in [2.75, 3.05) is 31.5 Å². The molecule has 2 aliphatic rings. The number of β-lactam (4-membered cyclic amide) rings is 1. The van der Waals surface area contributed by atoms with E-state index >= 15 is 0 Å². The average Bonchev–Trinajstić information content (AvgIpc) is 3.34. The summed E-state index contributed by atoms with van der Waals surface area (Å²) in [6, 6.07) is 2.87. The van der Waals surface area contributed by atoms with Gasteiger partial charge in [0.15, 0.2) is 17.5 Å². The Morgan fingerprint density at radius 1 is 1.36 bits per heavy atom. The molecule has 0 aliphatic carbocycles. The molecule has 0 aromatic carbocycles. The van der Waals surface area contributed by atoms with Gasteiger partial charge in [-0.25, -0.2) is 14.3 Å². The molecule has 4 heterocycles. The van der Waals surface area contributed by atoms with Gasteiger partial charge in [-0.15, -0.1) is 34.9 Å². The SMILES string of the molecule is COP(=O)(/C=C(\C(=O)N[C@@H]1C(=O)N2C(C(=O)O)=C(CSc3cc[n+](C)cc3)CS[C@H]12)c1csc(N)n1)OC.[I-]. The van der Waals surface area contributed by atoms with E-state index in [1.807, 2.05) is 36.1 Å². The van der Waals surface area contributed by atoms with Crippen LogP contribution in [0.1, 0.15) is 5.69 Å². The third kappa shape index (κ3) is 6.86. The first kappa shape index (κ1) is 31.6. The standard InChI is InChI=1S/C22H24N5O7PS3.HI/c1-26-6-4-13(5-7-26)36-9-12-10-37-20-16(19(29)27(20)17(12)21(30)31)25-18(28)14(8-35(32,33-2)34-3)15-11-38-22(23)24-15;/h4-8,11,16,20H,9-10H2,1-3H3,(H3-,23,24,25,28,30,31);1H/b14-8-;/t16-,20-;/m1./s1. The number of nitrogens with two attached hydrogens (primary N) is 1. The molecule has 4 rings (SSSR count). The van der Waals surface area contributed by atoms with Gasteiger partial charge >= 0.3 is 13.6 Å². The second kappa shape index (κ2) is 13.1. The number of carboxylic acid groups (broad SMARTS) is 1. The van der Waals surface area contributed by atoms with Crippen molar-refractivity contribution in [1.82, 2.24) is 15.2 Å². The molecule has 0 bridgehead atoms. The number of hydrogen-bond donors (Lipinski definition) is 3. The zero-order valence-electron chi connectivity index (χ0n) is 20.9. The number of nitrogens with zero attached hydrogens (tertiary/aromatic N) is 3. The lowest BCUT2D eigenvalue weighted by Gasteiger charge is -2.49. The molecule has 210 valence electrons. The number of carbonyl (C=O) groups excluding carboxylic acids is 2. The molecule has 39 heavy (non-hydrogen) atoms. The van der Waals surface area contributed by atoms with Gasteiger partial charge in [-0.1, -0.05) is 0 Å². The quantitative estimate of drug-likeness (QED) is 0.0682. The highest BCUT2D eigenvalue weighted by molar-refractivity contribution is 8.01. The number of aliphatic carboxylic acids is 1. The number of aromatic nitrogens is 2. The van der Waals surface area contributed by atoms with Gasteiger partial charge in [-0.05, 0) is 5.57 Å². The van der Waals surface area contributed by atoms with Crippen molar-refractivity contribution in [1.29, 1.82) is 0 Å². The number of fused-ring (bicyclic) bond motifs is 1. The van der Waals surface area contributed by atoms with E-state index in [4.69, 9.17) is 14.8 Å². The molecular formula is C22H25IN5O7PS3. The summed E-state index contributed by atoms with van der Waals surface area (Å²) in [5.74, 6) is -0.707. The van der Waals surface area contributed by atoms with Crippen molar-refractivity contribution in [3.05, 3.63) is 52.7 Å². The predicted octanol–water partition coefficient (Wildman–Crippen LogP) is -1.09. The van der Waals surface area contributed by atoms with Crippen molar-refractivity contribution < 1.29 is 61.6 Å². The number of pyridine rings is 1. The average molecular weight is 726 g/mol. The number of carbonyl (C=O) groups is 3. The Hall–Kier alpha value is -1.95. The van der Waals surface area contributed by atoms with E-state index in [2.05, 4.69) is 10.3 Å². The molecule has 0 unspecified atom stereocenters. The Kier molecular flexibility index (Phi) is 10.6. The minimum absolute atomic E-state index is 0. The molecule has 17 heteroatoms. The number of thiazole rings is 1. The molecule has 0 spiro atoms. The van der Waals surface area contributed by atoms with Crippen LogP contribution in [0.25, 0.3) is 5.57 Å². The summed E-state index contributed by atoms with van der Waals surface area (Å²) >= 11 is 3.92. The van der Waals surface area contributed by atoms with Crippen molar-refractivity contribution in [3.63, 3.8) is 0 Å². The van der Waals surface area contributed by atoms with Gasteiger partial charge in [-0.2, -0.15) is 0 Å². The summed E-state index contributed by atoms with van der Waals surface area (Å²) in [5.41, 5.74) is 6.26. The van der Waals surface area contributed by atoms with Crippen LogP contribution in [0, 0.1) is 0 Å². The number of carboxylic acids is 1. The minimum atomic E-state index is -3.78. The Morgan fingerprint density at radius 2 is 2.03 bits per heavy atom. The van der Waals surface area contributed by atoms with Crippen LogP contribution in [0.15, 0.2) is 51.9 Å². The number of halogens is 1. The van der Waals surface area contributed by atoms with Crippen LogP contribution in [-0.4, -0.2) is 69.9 Å². The van der Waals surface area contributed by atoms with Crippen LogP contribution in [0.4, 0.5) is 5.13 Å². The molecule has 12 nitrogen and oxygen atoms in total. The molecule has 2 atom stereocenters. The summed E-state index contributed by atoms with van der Waals surface area (Å²) in [7, 11) is 0.466. The molecular weight excluding hydrogens is 700 g/mol. The van der Waals surface area contributed by atoms with E-state index in [0.29, 0.717) is 17.1 Å². The van der Waals surface area contributed by atoms with Gasteiger partial charge in [0.1, 0.15) is 24.2 Å². The fraction of sp³-hybridized carbons (Fsp3) is 0.318. The van der Waals surface area contributed by atoms with Crippen LogP contribution in [0.2, 0.25) is 0 Å². The molecule has 2 aromatic heterocycles. The Bertz CT molecular complexity index is 1380. The summed E-state index contributed by atoms with van der Waals surface area (Å²) < 4.78 is 24.5. The normalized spacial score (nSPS) is 19.2. The van der Waals surface area contributed by atoms with E-state index in [1.54, 1.807) is 0 Å². The largest absolute Gasteiger partial charge is 1.00 e. The first-order chi connectivity index (χ1) is 18.1. The number of thioether (sulfide) groups is 2. The third-order valence-electron chi connectivity index (χ3n) is 5.74. The fourth-order valence-electron chi connectivity index (χ4n) is 3.76. The number of nitrogen functional groups attached to an aromatic ring is 1. The molecule has 2 aliphatic heterocycles. The minimum Gasteiger partial charge on any atom is -1.00 e. The monoisotopic (exact) mass is 725 g/mol. The third-order valence-corrected chi connectivity index (χ3v) is 10.4. The first-order valence-electron chi connectivity index (χ1n) is 11.0. The van der Waals surface area contributed by atoms with Gasteiger partial charge in [-0.3, -0.25) is 19.1 Å². The van der Waals surface area contributed by atoms with E-state index in [1.165, 1.54) is 48.0 Å². The van der Waals surface area contributed by atoms with E-state index in [9.17, 15) is 24.1 Å². The first-order valence-corrected chi connectivity index (χ1v) is 15.5. The molecule has 2 aromatic rings. The number of nitrogens with one attached hydrogen (secondary N) is 1. The topological polar surface area (TPSA) is 165 Å². The molecule has 1 saturated heterocycles. The highest BCUT2D eigenvalue weighted by Crippen LogP contribution is 2.50. The fourth-order valence-corrected chi connectivity index (χ4v) is 7.62. The van der Waals surface area contributed by atoms with Crippen LogP contribution in [-0.2, 0) is 35.0 Å². The number of rotatable bonds is 10. The predicted molar refractivity (Wildman–Crippen MR) is 144 cm³/mol. The second-order valence-corrected chi connectivity index (χ2v) is 13.2. The maximum Gasteiger partial charge on any atom is 0.354 e. The van der Waals surface area contributed by atoms with Crippen molar-refractivity contribution in [3.8, 4) is 0 Å². The Morgan fingerprint density at radius 3 is 2.59 bits per heavy atom. The molecule has 0 radical (unpaired) electrons. The van der Waals surface area contributed by atoms with Gasteiger partial charge in [0, 0.05) is 54.0 Å². The number of amides is 2. The summed E-state index contributed by atoms with van der Waals surface area (Å²) in [6.07, 6.45) is 3.79. The Labute approximate surface area is 254 Å².